The number of hydrogen-bond acceptors (Lipinski definition) is 2. The summed E-state index contributed by atoms with van der Waals surface area (Å²) in [6, 6.07) is 1.40. The molecule has 1 aliphatic rings. The SMILES string of the molecule is CCCn1cc(N)cc1C(=O)NC1(C(F)(F)F)CC1. The van der Waals surface area contributed by atoms with E-state index in [0.29, 0.717) is 12.2 Å². The highest BCUT2D eigenvalue weighted by molar-refractivity contribution is 5.94. The summed E-state index contributed by atoms with van der Waals surface area (Å²) in [5, 5.41) is 2.10. The van der Waals surface area contributed by atoms with Gasteiger partial charge in [-0.3, -0.25) is 4.79 Å². The van der Waals surface area contributed by atoms with Crippen molar-refractivity contribution in [2.45, 2.75) is 44.4 Å². The Hall–Kier alpha value is -1.66. The lowest BCUT2D eigenvalue weighted by Crippen LogP contribution is -2.48. The van der Waals surface area contributed by atoms with E-state index in [1.165, 1.54) is 6.07 Å². The highest BCUT2D eigenvalue weighted by Crippen LogP contribution is 2.49. The molecule has 3 N–H and O–H groups in total. The number of carbonyl (C=O) groups is 1. The summed E-state index contributed by atoms with van der Waals surface area (Å²) in [6.45, 7) is 2.45. The Labute approximate surface area is 108 Å². The van der Waals surface area contributed by atoms with Gasteiger partial charge in [-0.2, -0.15) is 13.2 Å². The number of rotatable bonds is 4. The summed E-state index contributed by atoms with van der Waals surface area (Å²) >= 11 is 0. The van der Waals surface area contributed by atoms with Crippen molar-refractivity contribution in [3.8, 4) is 0 Å². The van der Waals surface area contributed by atoms with Crippen LogP contribution in [0, 0.1) is 0 Å². The number of aryl methyl sites for hydroxylation is 1. The highest BCUT2D eigenvalue weighted by atomic mass is 19.4. The zero-order chi connectivity index (χ0) is 14.3. The molecule has 0 spiro atoms. The molecule has 0 bridgehead atoms. The van der Waals surface area contributed by atoms with Gasteiger partial charge in [0, 0.05) is 12.7 Å². The Balaban J connectivity index is 2.17. The topological polar surface area (TPSA) is 60.0 Å². The third-order valence-electron chi connectivity index (χ3n) is 3.26. The fraction of sp³-hybridized carbons (Fsp3) is 0.583. The molecule has 2 rings (SSSR count). The van der Waals surface area contributed by atoms with Crippen LogP contribution in [0.5, 0.6) is 0 Å². The van der Waals surface area contributed by atoms with Crippen LogP contribution in [0.4, 0.5) is 18.9 Å². The van der Waals surface area contributed by atoms with Crippen LogP contribution < -0.4 is 11.1 Å². The summed E-state index contributed by atoms with van der Waals surface area (Å²) in [5.41, 5.74) is 4.09. The van der Waals surface area contributed by atoms with Crippen molar-refractivity contribution in [2.75, 3.05) is 5.73 Å². The van der Waals surface area contributed by atoms with Crippen LogP contribution in [0.1, 0.15) is 36.7 Å². The Morgan fingerprint density at radius 1 is 1.53 bits per heavy atom. The molecule has 0 aromatic carbocycles. The summed E-state index contributed by atoms with van der Waals surface area (Å²) in [7, 11) is 0. The monoisotopic (exact) mass is 275 g/mol. The van der Waals surface area contributed by atoms with Gasteiger partial charge in [0.05, 0.1) is 5.69 Å². The maximum absolute atomic E-state index is 12.8. The summed E-state index contributed by atoms with van der Waals surface area (Å²) in [4.78, 5) is 12.0. The zero-order valence-corrected chi connectivity index (χ0v) is 10.5. The van der Waals surface area contributed by atoms with E-state index in [1.807, 2.05) is 6.92 Å². The second kappa shape index (κ2) is 4.47. The first-order chi connectivity index (χ1) is 8.79. The normalized spacial score (nSPS) is 17.3. The van der Waals surface area contributed by atoms with Crippen LogP contribution in [0.3, 0.4) is 0 Å². The quantitative estimate of drug-likeness (QED) is 0.885. The number of nitrogens with two attached hydrogens (primary N) is 1. The molecule has 0 saturated heterocycles. The number of nitrogens with zero attached hydrogens (tertiary/aromatic N) is 1. The maximum Gasteiger partial charge on any atom is 0.411 e. The first kappa shape index (κ1) is 13.8. The van der Waals surface area contributed by atoms with Crippen LogP contribution in [0.25, 0.3) is 0 Å². The van der Waals surface area contributed by atoms with E-state index < -0.39 is 17.6 Å². The van der Waals surface area contributed by atoms with Crippen molar-refractivity contribution >= 4 is 11.6 Å². The van der Waals surface area contributed by atoms with E-state index in [0.717, 1.165) is 6.42 Å². The number of hydrogen-bond donors (Lipinski definition) is 2. The lowest BCUT2D eigenvalue weighted by molar-refractivity contribution is -0.163. The van der Waals surface area contributed by atoms with Gasteiger partial charge in [0.25, 0.3) is 5.91 Å². The molecule has 0 unspecified atom stereocenters. The number of aromatic nitrogens is 1. The first-order valence-electron chi connectivity index (χ1n) is 6.14. The fourth-order valence-corrected chi connectivity index (χ4v) is 2.04. The molecule has 1 heterocycles. The van der Waals surface area contributed by atoms with Crippen LogP contribution >= 0.6 is 0 Å². The maximum atomic E-state index is 12.8. The van der Waals surface area contributed by atoms with E-state index in [2.05, 4.69) is 5.32 Å². The van der Waals surface area contributed by atoms with Crippen molar-refractivity contribution in [3.63, 3.8) is 0 Å². The van der Waals surface area contributed by atoms with Gasteiger partial charge in [0.1, 0.15) is 11.2 Å². The molecular weight excluding hydrogens is 259 g/mol. The molecule has 1 aromatic heterocycles. The van der Waals surface area contributed by atoms with Crippen LogP contribution in [0.2, 0.25) is 0 Å². The first-order valence-corrected chi connectivity index (χ1v) is 6.14. The van der Waals surface area contributed by atoms with E-state index in [4.69, 9.17) is 5.73 Å². The van der Waals surface area contributed by atoms with Gasteiger partial charge >= 0.3 is 6.18 Å². The standard InChI is InChI=1S/C12H16F3N3O/c1-2-5-18-7-8(16)6-9(18)10(19)17-11(3-4-11)12(13,14)15/h6-7H,2-5,16H2,1H3,(H,17,19). The zero-order valence-electron chi connectivity index (χ0n) is 10.5. The molecule has 7 heteroatoms. The minimum Gasteiger partial charge on any atom is -0.397 e. The van der Waals surface area contributed by atoms with Gasteiger partial charge in [0.15, 0.2) is 0 Å². The van der Waals surface area contributed by atoms with Crippen molar-refractivity contribution in [1.29, 1.82) is 0 Å². The highest BCUT2D eigenvalue weighted by Gasteiger charge is 2.64. The summed E-state index contributed by atoms with van der Waals surface area (Å²) in [6.07, 6.45) is -2.21. The third-order valence-corrected chi connectivity index (χ3v) is 3.26. The van der Waals surface area contributed by atoms with E-state index in [9.17, 15) is 18.0 Å². The summed E-state index contributed by atoms with van der Waals surface area (Å²) in [5.74, 6) is -0.722. The molecule has 0 atom stereocenters. The summed E-state index contributed by atoms with van der Waals surface area (Å²) < 4.78 is 39.9. The predicted octanol–water partition coefficient (Wildman–Crippen LogP) is 2.31. The smallest absolute Gasteiger partial charge is 0.397 e. The van der Waals surface area contributed by atoms with Crippen molar-refractivity contribution in [2.24, 2.45) is 0 Å². The number of amides is 1. The molecule has 0 radical (unpaired) electrons. The minimum atomic E-state index is -4.41. The number of halogens is 3. The van der Waals surface area contributed by atoms with Gasteiger partial charge in [-0.25, -0.2) is 0 Å². The average Bonchev–Trinajstić information content (AvgIpc) is 2.97. The van der Waals surface area contributed by atoms with Crippen LogP contribution in [0.15, 0.2) is 12.3 Å². The number of nitrogens with one attached hydrogen (secondary N) is 1. The van der Waals surface area contributed by atoms with E-state index in [-0.39, 0.29) is 18.5 Å². The Morgan fingerprint density at radius 3 is 2.63 bits per heavy atom. The molecule has 1 fully saturated rings. The van der Waals surface area contributed by atoms with Crippen molar-refractivity contribution in [3.05, 3.63) is 18.0 Å². The number of alkyl halides is 3. The van der Waals surface area contributed by atoms with E-state index >= 15 is 0 Å². The van der Waals surface area contributed by atoms with Crippen molar-refractivity contribution < 1.29 is 18.0 Å². The largest absolute Gasteiger partial charge is 0.411 e. The lowest BCUT2D eigenvalue weighted by atomic mass is 10.2. The average molecular weight is 275 g/mol. The van der Waals surface area contributed by atoms with Gasteiger partial charge in [-0.05, 0) is 25.3 Å². The predicted molar refractivity (Wildman–Crippen MR) is 64.6 cm³/mol. The third kappa shape index (κ3) is 2.54. The molecular formula is C12H16F3N3O. The van der Waals surface area contributed by atoms with Gasteiger partial charge in [-0.15, -0.1) is 0 Å². The molecule has 1 amide bonds. The fourth-order valence-electron chi connectivity index (χ4n) is 2.04. The molecule has 19 heavy (non-hydrogen) atoms. The van der Waals surface area contributed by atoms with Crippen LogP contribution in [-0.4, -0.2) is 22.2 Å². The number of anilines is 1. The molecule has 0 aliphatic heterocycles. The second-order valence-electron chi connectivity index (χ2n) is 4.89. The van der Waals surface area contributed by atoms with Gasteiger partial charge in [0.2, 0.25) is 0 Å². The Bertz CT molecular complexity index is 489. The Morgan fingerprint density at radius 2 is 2.16 bits per heavy atom. The number of carbonyl (C=O) groups excluding carboxylic acids is 1. The molecule has 4 nitrogen and oxygen atoms in total. The number of nitrogen functional groups attached to an aromatic ring is 1. The molecule has 1 aliphatic carbocycles. The van der Waals surface area contributed by atoms with Crippen molar-refractivity contribution in [1.82, 2.24) is 9.88 Å². The Kier molecular flexibility index (Phi) is 3.24. The molecule has 1 saturated carbocycles. The molecule has 106 valence electrons. The second-order valence-corrected chi connectivity index (χ2v) is 4.89. The van der Waals surface area contributed by atoms with E-state index in [1.54, 1.807) is 10.8 Å². The van der Waals surface area contributed by atoms with Crippen LogP contribution in [-0.2, 0) is 6.54 Å². The minimum absolute atomic E-state index is 0.0633. The lowest BCUT2D eigenvalue weighted by Gasteiger charge is -2.21. The van der Waals surface area contributed by atoms with Gasteiger partial charge < -0.3 is 15.6 Å². The molecule has 1 aromatic rings. The van der Waals surface area contributed by atoms with Gasteiger partial charge in [-0.1, -0.05) is 6.92 Å².